The van der Waals surface area contributed by atoms with E-state index in [4.69, 9.17) is 4.74 Å². The van der Waals surface area contributed by atoms with E-state index < -0.39 is 5.91 Å². The largest absolute Gasteiger partial charge is 0.466 e. The van der Waals surface area contributed by atoms with Gasteiger partial charge in [-0.3, -0.25) is 23.7 Å². The van der Waals surface area contributed by atoms with Gasteiger partial charge in [-0.2, -0.15) is 0 Å². The quantitative estimate of drug-likeness (QED) is 0.650. The van der Waals surface area contributed by atoms with E-state index in [9.17, 15) is 19.2 Å². The van der Waals surface area contributed by atoms with Crippen molar-refractivity contribution in [2.24, 2.45) is 5.92 Å². The lowest BCUT2D eigenvalue weighted by Gasteiger charge is -2.31. The number of piperidine rings is 1. The van der Waals surface area contributed by atoms with E-state index in [-0.39, 0.29) is 36.4 Å². The zero-order valence-corrected chi connectivity index (χ0v) is 19.0. The number of carbonyl (C=O) groups excluding carboxylic acids is 3. The number of aromatic nitrogens is 2. The normalized spacial score (nSPS) is 16.6. The summed E-state index contributed by atoms with van der Waals surface area (Å²) in [7, 11) is 0. The molecule has 32 heavy (non-hydrogen) atoms. The van der Waals surface area contributed by atoms with Crippen LogP contribution in [-0.4, -0.2) is 58.5 Å². The number of esters is 1. The fourth-order valence-electron chi connectivity index (χ4n) is 4.42. The first kappa shape index (κ1) is 22.4. The third kappa shape index (κ3) is 4.69. The van der Waals surface area contributed by atoms with Crippen LogP contribution in [0.5, 0.6) is 0 Å². The van der Waals surface area contributed by atoms with Crippen LogP contribution in [0.25, 0.3) is 10.2 Å². The van der Waals surface area contributed by atoms with Gasteiger partial charge in [0.05, 0.1) is 30.8 Å². The Labute approximate surface area is 189 Å². The molecule has 1 saturated heterocycles. The molecule has 10 heteroatoms. The second-order valence-corrected chi connectivity index (χ2v) is 9.34. The fraction of sp³-hybridized carbons (Fsp3) is 0.591. The van der Waals surface area contributed by atoms with Gasteiger partial charge in [0.2, 0.25) is 11.8 Å². The topological polar surface area (TPSA) is 111 Å². The summed E-state index contributed by atoms with van der Waals surface area (Å²) in [6, 6.07) is 0. The van der Waals surface area contributed by atoms with Crippen molar-refractivity contribution in [2.75, 3.05) is 26.2 Å². The molecule has 1 aliphatic carbocycles. The minimum absolute atomic E-state index is 0.138. The van der Waals surface area contributed by atoms with Gasteiger partial charge < -0.3 is 15.0 Å². The van der Waals surface area contributed by atoms with Crippen LogP contribution in [0.2, 0.25) is 0 Å². The van der Waals surface area contributed by atoms with Gasteiger partial charge in [-0.1, -0.05) is 0 Å². The molecule has 0 saturated carbocycles. The summed E-state index contributed by atoms with van der Waals surface area (Å²) in [4.78, 5) is 57.6. The van der Waals surface area contributed by atoms with E-state index in [1.165, 1.54) is 15.8 Å². The van der Waals surface area contributed by atoms with Gasteiger partial charge in [0, 0.05) is 18.0 Å². The lowest BCUT2D eigenvalue weighted by molar-refractivity contribution is -0.151. The van der Waals surface area contributed by atoms with Gasteiger partial charge >= 0.3 is 5.97 Å². The molecule has 0 bridgehead atoms. The maximum absolute atomic E-state index is 13.0. The van der Waals surface area contributed by atoms with E-state index in [1.807, 2.05) is 0 Å². The van der Waals surface area contributed by atoms with Crippen LogP contribution < -0.4 is 10.9 Å². The van der Waals surface area contributed by atoms with Crippen LogP contribution in [-0.2, 0) is 38.5 Å². The minimum Gasteiger partial charge on any atom is -0.466 e. The van der Waals surface area contributed by atoms with Gasteiger partial charge in [-0.25, -0.2) is 4.98 Å². The van der Waals surface area contributed by atoms with Gasteiger partial charge in [0.25, 0.3) is 5.56 Å². The average Bonchev–Trinajstić information content (AvgIpc) is 3.19. The Morgan fingerprint density at radius 3 is 2.72 bits per heavy atom. The summed E-state index contributed by atoms with van der Waals surface area (Å²) >= 11 is 1.57. The highest BCUT2D eigenvalue weighted by Crippen LogP contribution is 2.33. The van der Waals surface area contributed by atoms with E-state index in [2.05, 4.69) is 10.3 Å². The molecule has 2 aliphatic rings. The molecule has 1 fully saturated rings. The van der Waals surface area contributed by atoms with Crippen LogP contribution in [0, 0.1) is 5.92 Å². The first-order chi connectivity index (χ1) is 15.5. The molecule has 9 nitrogen and oxygen atoms in total. The minimum atomic E-state index is -0.410. The van der Waals surface area contributed by atoms with Crippen molar-refractivity contribution in [1.82, 2.24) is 19.8 Å². The van der Waals surface area contributed by atoms with Crippen LogP contribution in [0.4, 0.5) is 0 Å². The van der Waals surface area contributed by atoms with Gasteiger partial charge in [-0.05, 0) is 51.0 Å². The zero-order valence-electron chi connectivity index (χ0n) is 18.2. The van der Waals surface area contributed by atoms with E-state index in [0.717, 1.165) is 36.1 Å². The van der Waals surface area contributed by atoms with E-state index in [1.54, 1.807) is 23.2 Å². The first-order valence-electron chi connectivity index (χ1n) is 11.2. The zero-order chi connectivity index (χ0) is 22.7. The molecule has 0 spiro atoms. The lowest BCUT2D eigenvalue weighted by Crippen LogP contribution is -2.46. The lowest BCUT2D eigenvalue weighted by atomic mass is 9.97. The summed E-state index contributed by atoms with van der Waals surface area (Å²) in [5.41, 5.74) is 0.891. The number of rotatable bonds is 6. The molecule has 0 atom stereocenters. The van der Waals surface area contributed by atoms with Crippen LogP contribution in [0.15, 0.2) is 11.1 Å². The Kier molecular flexibility index (Phi) is 6.88. The summed E-state index contributed by atoms with van der Waals surface area (Å²) < 4.78 is 6.36. The molecule has 0 unspecified atom stereocenters. The second-order valence-electron chi connectivity index (χ2n) is 8.25. The molecule has 2 aromatic heterocycles. The highest BCUT2D eigenvalue weighted by Gasteiger charge is 2.28. The molecule has 172 valence electrons. The Bertz CT molecular complexity index is 1080. The molecule has 2 aromatic rings. The van der Waals surface area contributed by atoms with E-state index >= 15 is 0 Å². The molecule has 0 aromatic carbocycles. The van der Waals surface area contributed by atoms with Crippen molar-refractivity contribution in [2.45, 2.75) is 52.0 Å². The number of fused-ring (bicyclic) bond motifs is 3. The van der Waals surface area contributed by atoms with Crippen molar-refractivity contribution < 1.29 is 19.1 Å². The summed E-state index contributed by atoms with van der Waals surface area (Å²) in [5.74, 6) is -0.998. The second kappa shape index (κ2) is 9.81. The Balaban J connectivity index is 1.31. The molecular weight excluding hydrogens is 432 g/mol. The number of thiophene rings is 1. The first-order valence-corrected chi connectivity index (χ1v) is 12.0. The number of ether oxygens (including phenoxy) is 1. The number of aryl methyl sites for hydroxylation is 2. The number of nitrogens with one attached hydrogen (secondary N) is 1. The Morgan fingerprint density at radius 1 is 1.22 bits per heavy atom. The monoisotopic (exact) mass is 460 g/mol. The molecule has 1 aliphatic heterocycles. The standard InChI is InChI=1S/C22H28N4O5S/c1-2-31-22(30)14-7-9-25(10-8-14)18(28)11-23-17(27)12-26-13-24-20-19(21(26)29)15-5-3-4-6-16(15)32-20/h13-14H,2-12H2,1H3,(H,23,27). The highest BCUT2D eigenvalue weighted by molar-refractivity contribution is 7.18. The number of hydrogen-bond acceptors (Lipinski definition) is 7. The van der Waals surface area contributed by atoms with Crippen molar-refractivity contribution in [3.05, 3.63) is 27.1 Å². The maximum atomic E-state index is 13.0. The van der Waals surface area contributed by atoms with Crippen LogP contribution in [0.1, 0.15) is 43.0 Å². The van der Waals surface area contributed by atoms with Crippen molar-refractivity contribution in [1.29, 1.82) is 0 Å². The Morgan fingerprint density at radius 2 is 1.97 bits per heavy atom. The SMILES string of the molecule is CCOC(=O)C1CCN(C(=O)CNC(=O)Cn2cnc3sc4c(c3c2=O)CCCC4)CC1. The molecular formula is C22H28N4O5S. The smallest absolute Gasteiger partial charge is 0.309 e. The summed E-state index contributed by atoms with van der Waals surface area (Å²) in [5, 5.41) is 3.25. The third-order valence-corrected chi connectivity index (χ3v) is 7.36. The highest BCUT2D eigenvalue weighted by atomic mass is 32.1. The summed E-state index contributed by atoms with van der Waals surface area (Å²) in [6.07, 6.45) is 6.58. The molecule has 4 rings (SSSR count). The van der Waals surface area contributed by atoms with Gasteiger partial charge in [-0.15, -0.1) is 11.3 Å². The maximum Gasteiger partial charge on any atom is 0.309 e. The number of carbonyl (C=O) groups is 3. The van der Waals surface area contributed by atoms with Crippen molar-refractivity contribution >= 4 is 39.3 Å². The average molecular weight is 461 g/mol. The van der Waals surface area contributed by atoms with Crippen LogP contribution >= 0.6 is 11.3 Å². The van der Waals surface area contributed by atoms with Crippen molar-refractivity contribution in [3.63, 3.8) is 0 Å². The number of likely N-dealkylation sites (tertiary alicyclic amines) is 1. The summed E-state index contributed by atoms with van der Waals surface area (Å²) in [6.45, 7) is 2.73. The van der Waals surface area contributed by atoms with E-state index in [0.29, 0.717) is 37.9 Å². The molecule has 2 amide bonds. The number of amides is 2. The molecule has 1 N–H and O–H groups in total. The fourth-order valence-corrected chi connectivity index (χ4v) is 5.63. The van der Waals surface area contributed by atoms with Crippen LogP contribution in [0.3, 0.4) is 0 Å². The third-order valence-electron chi connectivity index (χ3n) is 6.16. The van der Waals surface area contributed by atoms with Crippen molar-refractivity contribution in [3.8, 4) is 0 Å². The number of nitrogens with zero attached hydrogens (tertiary/aromatic N) is 3. The van der Waals surface area contributed by atoms with Gasteiger partial charge in [0.1, 0.15) is 11.4 Å². The Hall–Kier alpha value is -2.75. The van der Waals surface area contributed by atoms with Gasteiger partial charge in [0.15, 0.2) is 0 Å². The predicted molar refractivity (Wildman–Crippen MR) is 119 cm³/mol. The predicted octanol–water partition coefficient (Wildman–Crippen LogP) is 1.25. The number of hydrogen-bond donors (Lipinski definition) is 1. The molecule has 0 radical (unpaired) electrons. The molecule has 3 heterocycles.